The van der Waals surface area contributed by atoms with E-state index in [1.807, 2.05) is 12.3 Å². The molecule has 0 bridgehead atoms. The lowest BCUT2D eigenvalue weighted by Gasteiger charge is -2.19. The van der Waals surface area contributed by atoms with Crippen LogP contribution in [-0.4, -0.2) is 4.98 Å². The van der Waals surface area contributed by atoms with Crippen LogP contribution in [0.4, 0.5) is 0 Å². The second kappa shape index (κ2) is 7.02. The zero-order valence-electron chi connectivity index (χ0n) is 21.1. The topological polar surface area (TPSA) is 29.9 Å². The summed E-state index contributed by atoms with van der Waals surface area (Å²) in [7, 11) is 2.13. The summed E-state index contributed by atoms with van der Waals surface area (Å²) in [6.07, 6.45) is 4.14. The summed E-state index contributed by atoms with van der Waals surface area (Å²) >= 11 is 0. The van der Waals surface area contributed by atoms with E-state index in [2.05, 4.69) is 95.8 Å². The Labute approximate surface area is 201 Å². The second-order valence-electron chi connectivity index (χ2n) is 10.7. The van der Waals surface area contributed by atoms with Gasteiger partial charge >= 0.3 is 0 Å². The van der Waals surface area contributed by atoms with Gasteiger partial charge in [-0.2, -0.15) is 0 Å². The standard InChI is InChI=1S/C31H31N2O/c1-17(2)22-14-26(33(7)16-19(22)4)28-18(3)10-11-20-24-13-23-21-9-8-12-32-30(21)31(5,6)25(23)15-27(24)34-29(20)28/h8-17H,1-7H3/q+1. The fourth-order valence-electron chi connectivity index (χ4n) is 5.96. The summed E-state index contributed by atoms with van der Waals surface area (Å²) in [4.78, 5) is 4.74. The fourth-order valence-corrected chi connectivity index (χ4v) is 5.96. The smallest absolute Gasteiger partial charge is 0.216 e. The third-order valence-electron chi connectivity index (χ3n) is 7.74. The summed E-state index contributed by atoms with van der Waals surface area (Å²) in [6, 6.07) is 15.6. The SMILES string of the molecule is Cc1c[n+](C)c(-c2c(C)ccc3c2oc2cc4c(cc23)-c2cccnc2C4(C)C)cc1C(C)C. The molecule has 170 valence electrons. The maximum absolute atomic E-state index is 6.69. The number of aromatic nitrogens is 2. The molecule has 34 heavy (non-hydrogen) atoms. The van der Waals surface area contributed by atoms with E-state index < -0.39 is 0 Å². The Morgan fingerprint density at radius 2 is 1.74 bits per heavy atom. The molecule has 3 nitrogen and oxygen atoms in total. The highest BCUT2D eigenvalue weighted by atomic mass is 16.3. The van der Waals surface area contributed by atoms with E-state index in [4.69, 9.17) is 9.40 Å². The number of fused-ring (bicyclic) bond motifs is 6. The van der Waals surface area contributed by atoms with Crippen LogP contribution in [0.25, 0.3) is 44.3 Å². The molecule has 6 rings (SSSR count). The Morgan fingerprint density at radius 3 is 2.50 bits per heavy atom. The van der Waals surface area contributed by atoms with Crippen LogP contribution in [-0.2, 0) is 12.5 Å². The molecule has 0 atom stereocenters. The van der Waals surface area contributed by atoms with Crippen molar-refractivity contribution in [1.29, 1.82) is 0 Å². The van der Waals surface area contributed by atoms with Crippen molar-refractivity contribution < 1.29 is 8.98 Å². The van der Waals surface area contributed by atoms with Crippen LogP contribution >= 0.6 is 0 Å². The molecule has 0 spiro atoms. The minimum absolute atomic E-state index is 0.145. The van der Waals surface area contributed by atoms with Gasteiger partial charge in [-0.1, -0.05) is 45.9 Å². The van der Waals surface area contributed by atoms with Crippen molar-refractivity contribution in [3.05, 3.63) is 82.8 Å². The molecular formula is C31H31N2O+. The monoisotopic (exact) mass is 447 g/mol. The van der Waals surface area contributed by atoms with E-state index in [-0.39, 0.29) is 5.41 Å². The van der Waals surface area contributed by atoms with Gasteiger partial charge in [-0.05, 0) is 60.2 Å². The molecule has 0 amide bonds. The minimum Gasteiger partial charge on any atom is -0.455 e. The van der Waals surface area contributed by atoms with Crippen molar-refractivity contribution in [2.75, 3.05) is 0 Å². The molecule has 1 aliphatic carbocycles. The van der Waals surface area contributed by atoms with Crippen molar-refractivity contribution in [1.82, 2.24) is 4.98 Å². The predicted molar refractivity (Wildman–Crippen MR) is 139 cm³/mol. The van der Waals surface area contributed by atoms with Gasteiger partial charge in [0.25, 0.3) is 0 Å². The first-order valence-corrected chi connectivity index (χ1v) is 12.1. The molecule has 0 fully saturated rings. The zero-order chi connectivity index (χ0) is 23.9. The Morgan fingerprint density at radius 1 is 0.941 bits per heavy atom. The highest BCUT2D eigenvalue weighted by Gasteiger charge is 2.37. The molecule has 2 aromatic carbocycles. The highest BCUT2D eigenvalue weighted by molar-refractivity contribution is 6.11. The van der Waals surface area contributed by atoms with Crippen LogP contribution in [0.2, 0.25) is 0 Å². The van der Waals surface area contributed by atoms with E-state index in [0.717, 1.165) is 16.9 Å². The van der Waals surface area contributed by atoms with Gasteiger partial charge in [0.2, 0.25) is 5.69 Å². The first kappa shape index (κ1) is 21.1. The minimum atomic E-state index is -0.145. The maximum Gasteiger partial charge on any atom is 0.216 e. The first-order chi connectivity index (χ1) is 16.2. The largest absolute Gasteiger partial charge is 0.455 e. The zero-order valence-corrected chi connectivity index (χ0v) is 21.1. The van der Waals surface area contributed by atoms with Gasteiger partial charge in [-0.15, -0.1) is 0 Å². The van der Waals surface area contributed by atoms with Gasteiger partial charge in [0, 0.05) is 39.6 Å². The molecule has 1 aliphatic rings. The van der Waals surface area contributed by atoms with E-state index in [1.165, 1.54) is 55.4 Å². The van der Waals surface area contributed by atoms with Crippen LogP contribution in [0.15, 0.2) is 59.3 Å². The van der Waals surface area contributed by atoms with Crippen molar-refractivity contribution in [3.63, 3.8) is 0 Å². The summed E-state index contributed by atoms with van der Waals surface area (Å²) < 4.78 is 8.93. The Balaban J connectivity index is 1.67. The van der Waals surface area contributed by atoms with Crippen LogP contribution in [0.5, 0.6) is 0 Å². The molecule has 0 aliphatic heterocycles. The number of furan rings is 1. The predicted octanol–water partition coefficient (Wildman–Crippen LogP) is 7.52. The van der Waals surface area contributed by atoms with Gasteiger partial charge in [-0.25, -0.2) is 4.57 Å². The van der Waals surface area contributed by atoms with Gasteiger partial charge in [0.15, 0.2) is 6.20 Å². The van der Waals surface area contributed by atoms with Crippen molar-refractivity contribution in [3.8, 4) is 22.4 Å². The third-order valence-corrected chi connectivity index (χ3v) is 7.74. The van der Waals surface area contributed by atoms with Crippen molar-refractivity contribution in [2.45, 2.75) is 52.9 Å². The summed E-state index contributed by atoms with van der Waals surface area (Å²) in [5.41, 5.74) is 13.0. The molecule has 5 aromatic rings. The number of benzene rings is 2. The number of aryl methyl sites for hydroxylation is 3. The Bertz CT molecular complexity index is 1640. The van der Waals surface area contributed by atoms with E-state index in [1.54, 1.807) is 0 Å². The molecule has 0 unspecified atom stereocenters. The van der Waals surface area contributed by atoms with Gasteiger partial charge in [0.1, 0.15) is 18.2 Å². The van der Waals surface area contributed by atoms with Crippen molar-refractivity contribution >= 4 is 21.9 Å². The lowest BCUT2D eigenvalue weighted by atomic mass is 9.85. The van der Waals surface area contributed by atoms with E-state index >= 15 is 0 Å². The summed E-state index contributed by atoms with van der Waals surface area (Å²) in [6.45, 7) is 13.4. The normalized spacial score (nSPS) is 14.2. The molecule has 3 heteroatoms. The number of hydrogen-bond donors (Lipinski definition) is 0. The molecular weight excluding hydrogens is 416 g/mol. The van der Waals surface area contributed by atoms with Gasteiger partial charge < -0.3 is 4.42 Å². The third kappa shape index (κ3) is 2.76. The number of nitrogens with zero attached hydrogens (tertiary/aromatic N) is 2. The highest BCUT2D eigenvalue weighted by Crippen LogP contribution is 2.50. The lowest BCUT2D eigenvalue weighted by Crippen LogP contribution is -2.32. The molecule has 3 heterocycles. The Kier molecular flexibility index (Phi) is 4.36. The quantitative estimate of drug-likeness (QED) is 0.262. The number of pyridine rings is 2. The van der Waals surface area contributed by atoms with Crippen LogP contribution in [0.3, 0.4) is 0 Å². The molecule has 0 N–H and O–H groups in total. The summed E-state index contributed by atoms with van der Waals surface area (Å²) in [5, 5.41) is 2.33. The average Bonchev–Trinajstić information content (AvgIpc) is 3.26. The van der Waals surface area contributed by atoms with E-state index in [0.29, 0.717) is 5.92 Å². The first-order valence-electron chi connectivity index (χ1n) is 12.1. The van der Waals surface area contributed by atoms with Gasteiger partial charge in [-0.3, -0.25) is 4.98 Å². The second-order valence-corrected chi connectivity index (χ2v) is 10.7. The number of rotatable bonds is 2. The van der Waals surface area contributed by atoms with Crippen molar-refractivity contribution in [2.24, 2.45) is 7.05 Å². The average molecular weight is 448 g/mol. The lowest BCUT2D eigenvalue weighted by molar-refractivity contribution is -0.660. The molecule has 3 aromatic heterocycles. The summed E-state index contributed by atoms with van der Waals surface area (Å²) in [5.74, 6) is 0.467. The van der Waals surface area contributed by atoms with Gasteiger partial charge in [0.05, 0.1) is 11.3 Å². The van der Waals surface area contributed by atoms with Crippen LogP contribution in [0.1, 0.15) is 61.6 Å². The maximum atomic E-state index is 6.69. The fraction of sp³-hybridized carbons (Fsp3) is 0.290. The molecule has 0 saturated carbocycles. The molecule has 0 radical (unpaired) electrons. The van der Waals surface area contributed by atoms with E-state index in [9.17, 15) is 0 Å². The molecule has 0 saturated heterocycles. The van der Waals surface area contributed by atoms with Crippen LogP contribution in [0, 0.1) is 13.8 Å². The van der Waals surface area contributed by atoms with Crippen LogP contribution < -0.4 is 4.57 Å². The number of hydrogen-bond acceptors (Lipinski definition) is 2. The Hall–Kier alpha value is -3.46.